The van der Waals surface area contributed by atoms with Gasteiger partial charge in [-0.05, 0) is 50.3 Å². The van der Waals surface area contributed by atoms with E-state index in [0.29, 0.717) is 11.8 Å². The van der Waals surface area contributed by atoms with Crippen LogP contribution >= 0.6 is 0 Å². The molecule has 0 aliphatic carbocycles. The largest absolute Gasteiger partial charge is 0.301 e. The van der Waals surface area contributed by atoms with Crippen molar-refractivity contribution in [2.45, 2.75) is 52.6 Å². The highest BCUT2D eigenvalue weighted by molar-refractivity contribution is 5.04. The highest BCUT2D eigenvalue weighted by Crippen LogP contribution is 2.18. The van der Waals surface area contributed by atoms with Crippen molar-refractivity contribution < 1.29 is 0 Å². The number of likely N-dealkylation sites (tertiary alicyclic amines) is 1. The van der Waals surface area contributed by atoms with Gasteiger partial charge in [0.05, 0.1) is 24.8 Å². The van der Waals surface area contributed by atoms with E-state index in [2.05, 4.69) is 42.0 Å². The Labute approximate surface area is 149 Å². The molecule has 1 aliphatic rings. The lowest BCUT2D eigenvalue weighted by Crippen LogP contribution is -2.38. The van der Waals surface area contributed by atoms with Crippen molar-refractivity contribution in [3.05, 3.63) is 46.4 Å². The smallest absolute Gasteiger partial charge is 0.253 e. The van der Waals surface area contributed by atoms with Gasteiger partial charge in [-0.2, -0.15) is 5.10 Å². The van der Waals surface area contributed by atoms with Crippen molar-refractivity contribution >= 4 is 0 Å². The van der Waals surface area contributed by atoms with E-state index in [0.717, 1.165) is 51.3 Å². The van der Waals surface area contributed by atoms with Crippen LogP contribution < -0.4 is 5.56 Å². The molecule has 0 radical (unpaired) electrons. The van der Waals surface area contributed by atoms with E-state index in [9.17, 15) is 4.79 Å². The molecule has 0 amide bonds. The summed E-state index contributed by atoms with van der Waals surface area (Å²) in [5.74, 6) is 0.858. The maximum absolute atomic E-state index is 12.2. The van der Waals surface area contributed by atoms with Gasteiger partial charge in [0.2, 0.25) is 0 Å². The minimum absolute atomic E-state index is 0.0789. The molecule has 0 unspecified atom stereocenters. The second kappa shape index (κ2) is 7.95. The van der Waals surface area contributed by atoms with Crippen LogP contribution in [0.1, 0.15) is 43.9 Å². The third-order valence-corrected chi connectivity index (χ3v) is 5.06. The zero-order chi connectivity index (χ0) is 17.8. The summed E-state index contributed by atoms with van der Waals surface area (Å²) < 4.78 is 3.79. The molecular formula is C19H29N5O. The summed E-state index contributed by atoms with van der Waals surface area (Å²) >= 11 is 0. The van der Waals surface area contributed by atoms with Gasteiger partial charge < -0.3 is 4.90 Å². The molecule has 1 fully saturated rings. The first kappa shape index (κ1) is 17.9. The van der Waals surface area contributed by atoms with Gasteiger partial charge in [-0.25, -0.2) is 4.98 Å². The van der Waals surface area contributed by atoms with Crippen LogP contribution in [0.15, 0.2) is 29.6 Å². The van der Waals surface area contributed by atoms with Crippen molar-refractivity contribution in [2.75, 3.05) is 19.6 Å². The molecule has 25 heavy (non-hydrogen) atoms. The van der Waals surface area contributed by atoms with Gasteiger partial charge in [0.1, 0.15) is 0 Å². The van der Waals surface area contributed by atoms with Gasteiger partial charge in [-0.15, -0.1) is 0 Å². The Morgan fingerprint density at radius 3 is 2.60 bits per heavy atom. The van der Waals surface area contributed by atoms with Gasteiger partial charge in [-0.1, -0.05) is 13.8 Å². The van der Waals surface area contributed by atoms with Gasteiger partial charge in [0.25, 0.3) is 5.56 Å². The molecule has 0 bridgehead atoms. The molecule has 0 saturated carbocycles. The third kappa shape index (κ3) is 4.78. The Bertz CT molecular complexity index is 740. The number of hydrogen-bond acceptors (Lipinski definition) is 4. The topological polar surface area (TPSA) is 56.0 Å². The molecule has 136 valence electrons. The first-order valence-corrected chi connectivity index (χ1v) is 9.29. The standard InChI is InChI=1S/C19H29N5O/c1-15(2)18-10-19(25)23(14-20-18)13-17-4-6-22(7-5-17)8-9-24-12-16(3)11-21-24/h10-12,14-15,17H,4-9,13H2,1-3H3. The molecule has 2 aromatic heterocycles. The lowest BCUT2D eigenvalue weighted by Gasteiger charge is -2.32. The second-order valence-electron chi connectivity index (χ2n) is 7.52. The Hall–Kier alpha value is -1.95. The quantitative estimate of drug-likeness (QED) is 0.807. The van der Waals surface area contributed by atoms with Crippen LogP contribution in [0.2, 0.25) is 0 Å². The number of aryl methyl sites for hydroxylation is 1. The normalized spacial score (nSPS) is 16.6. The average Bonchev–Trinajstić information content (AvgIpc) is 3.01. The van der Waals surface area contributed by atoms with E-state index >= 15 is 0 Å². The monoisotopic (exact) mass is 343 g/mol. The van der Waals surface area contributed by atoms with Crippen LogP contribution in [0.3, 0.4) is 0 Å². The average molecular weight is 343 g/mol. The van der Waals surface area contributed by atoms with Crippen LogP contribution in [0.5, 0.6) is 0 Å². The predicted octanol–water partition coefficient (Wildman–Crippen LogP) is 2.28. The number of rotatable bonds is 6. The summed E-state index contributed by atoms with van der Waals surface area (Å²) in [6.45, 7) is 11.2. The molecular weight excluding hydrogens is 314 g/mol. The molecule has 3 heterocycles. The number of hydrogen-bond donors (Lipinski definition) is 0. The zero-order valence-electron chi connectivity index (χ0n) is 15.6. The molecule has 0 atom stereocenters. The summed E-state index contributed by atoms with van der Waals surface area (Å²) in [6.07, 6.45) is 7.99. The lowest BCUT2D eigenvalue weighted by molar-refractivity contribution is 0.166. The first-order chi connectivity index (χ1) is 12.0. The Morgan fingerprint density at radius 2 is 2.00 bits per heavy atom. The molecule has 3 rings (SSSR count). The molecule has 0 spiro atoms. The number of piperidine rings is 1. The summed E-state index contributed by atoms with van der Waals surface area (Å²) in [5.41, 5.74) is 2.17. The van der Waals surface area contributed by atoms with Gasteiger partial charge in [0, 0.05) is 25.4 Å². The minimum atomic E-state index is 0.0789. The fourth-order valence-electron chi connectivity index (χ4n) is 3.40. The summed E-state index contributed by atoms with van der Waals surface area (Å²) in [4.78, 5) is 19.2. The fraction of sp³-hybridized carbons (Fsp3) is 0.632. The number of nitrogens with zero attached hydrogens (tertiary/aromatic N) is 5. The summed E-state index contributed by atoms with van der Waals surface area (Å²) in [7, 11) is 0. The minimum Gasteiger partial charge on any atom is -0.301 e. The van der Waals surface area contributed by atoms with E-state index in [-0.39, 0.29) is 5.56 Å². The van der Waals surface area contributed by atoms with Crippen molar-refractivity contribution in [2.24, 2.45) is 5.92 Å². The van der Waals surface area contributed by atoms with Crippen molar-refractivity contribution in [3.63, 3.8) is 0 Å². The number of aromatic nitrogens is 4. The second-order valence-corrected chi connectivity index (χ2v) is 7.52. The highest BCUT2D eigenvalue weighted by Gasteiger charge is 2.20. The Balaban J connectivity index is 1.47. The van der Waals surface area contributed by atoms with Crippen LogP contribution in [0.25, 0.3) is 0 Å². The molecule has 0 aromatic carbocycles. The molecule has 2 aromatic rings. The zero-order valence-corrected chi connectivity index (χ0v) is 15.6. The third-order valence-electron chi connectivity index (χ3n) is 5.06. The highest BCUT2D eigenvalue weighted by atomic mass is 16.1. The fourth-order valence-corrected chi connectivity index (χ4v) is 3.40. The van der Waals surface area contributed by atoms with Gasteiger partial charge in [0.15, 0.2) is 0 Å². The lowest BCUT2D eigenvalue weighted by atomic mass is 9.96. The van der Waals surface area contributed by atoms with E-state index < -0.39 is 0 Å². The Morgan fingerprint density at radius 1 is 1.24 bits per heavy atom. The van der Waals surface area contributed by atoms with Crippen molar-refractivity contribution in [1.29, 1.82) is 0 Å². The SMILES string of the molecule is Cc1cnn(CCN2CCC(Cn3cnc(C(C)C)cc3=O)CC2)c1. The van der Waals surface area contributed by atoms with Gasteiger partial charge in [-0.3, -0.25) is 14.0 Å². The van der Waals surface area contributed by atoms with Gasteiger partial charge >= 0.3 is 0 Å². The molecule has 6 heteroatoms. The van der Waals surface area contributed by atoms with Crippen LogP contribution in [-0.2, 0) is 13.1 Å². The molecule has 0 N–H and O–H groups in total. The molecule has 6 nitrogen and oxygen atoms in total. The summed E-state index contributed by atoms with van der Waals surface area (Å²) in [6, 6.07) is 1.69. The predicted molar refractivity (Wildman–Crippen MR) is 98.7 cm³/mol. The summed E-state index contributed by atoms with van der Waals surface area (Å²) in [5, 5.41) is 4.35. The van der Waals surface area contributed by atoms with E-state index in [4.69, 9.17) is 0 Å². The van der Waals surface area contributed by atoms with Crippen LogP contribution in [0, 0.1) is 12.8 Å². The maximum Gasteiger partial charge on any atom is 0.253 e. The first-order valence-electron chi connectivity index (χ1n) is 9.29. The molecule has 1 saturated heterocycles. The van der Waals surface area contributed by atoms with Crippen LogP contribution in [-0.4, -0.2) is 43.9 Å². The van der Waals surface area contributed by atoms with E-state index in [1.165, 1.54) is 5.56 Å². The van der Waals surface area contributed by atoms with E-state index in [1.807, 2.05) is 10.9 Å². The maximum atomic E-state index is 12.2. The van der Waals surface area contributed by atoms with Crippen molar-refractivity contribution in [1.82, 2.24) is 24.2 Å². The van der Waals surface area contributed by atoms with Crippen LogP contribution in [0.4, 0.5) is 0 Å². The van der Waals surface area contributed by atoms with E-state index in [1.54, 1.807) is 17.0 Å². The Kier molecular flexibility index (Phi) is 5.68. The van der Waals surface area contributed by atoms with Crippen molar-refractivity contribution in [3.8, 4) is 0 Å². The molecule has 1 aliphatic heterocycles.